The summed E-state index contributed by atoms with van der Waals surface area (Å²) >= 11 is 12.2. The van der Waals surface area contributed by atoms with Gasteiger partial charge in [-0.15, -0.1) is 0 Å². The van der Waals surface area contributed by atoms with Crippen LogP contribution in [0.1, 0.15) is 36.0 Å². The van der Waals surface area contributed by atoms with Gasteiger partial charge in [0.15, 0.2) is 0 Å². The predicted molar refractivity (Wildman–Crippen MR) is 239 cm³/mol. The number of nitrogens with zero attached hydrogens (tertiary/aromatic N) is 3. The highest BCUT2D eigenvalue weighted by molar-refractivity contribution is 7.92. The van der Waals surface area contributed by atoms with Crippen LogP contribution in [0.5, 0.6) is 11.5 Å². The Balaban J connectivity index is 0.000000224. The quantitative estimate of drug-likeness (QED) is 0.118. The second-order valence-corrected chi connectivity index (χ2v) is 20.0. The number of ether oxygens (including phenoxy) is 3. The average Bonchev–Trinajstić information content (AvgIpc) is 3.46. The maximum Gasteiger partial charge on any atom is 0.231 e. The summed E-state index contributed by atoms with van der Waals surface area (Å²) in [5.74, 6) is 1.96. The molecule has 6 rings (SSSR count). The van der Waals surface area contributed by atoms with Crippen LogP contribution in [0.3, 0.4) is 0 Å². The Bertz CT molecular complexity index is 2110. The maximum atomic E-state index is 11.6. The molecule has 0 aliphatic carbocycles. The van der Waals surface area contributed by atoms with Gasteiger partial charge in [0, 0.05) is 62.3 Å². The Labute approximate surface area is 361 Å². The van der Waals surface area contributed by atoms with Gasteiger partial charge in [-0.2, -0.15) is 0 Å². The fourth-order valence-corrected chi connectivity index (χ4v) is 8.75. The zero-order chi connectivity index (χ0) is 42.3. The first-order chi connectivity index (χ1) is 28.2. The van der Waals surface area contributed by atoms with E-state index in [1.165, 1.54) is 48.6 Å². The second-order valence-electron chi connectivity index (χ2n) is 15.2. The number of nitrogens with one attached hydrogen (secondary N) is 1. The molecule has 2 heterocycles. The molecule has 2 unspecified atom stereocenters. The minimum Gasteiger partial charge on any atom is -0.493 e. The first-order valence-corrected chi connectivity index (χ1v) is 24.4. The lowest BCUT2D eigenvalue weighted by molar-refractivity contribution is 0.0210. The molecule has 0 aromatic heterocycles. The molecule has 0 spiro atoms. The van der Waals surface area contributed by atoms with Crippen molar-refractivity contribution in [2.24, 2.45) is 5.92 Å². The highest BCUT2D eigenvalue weighted by Gasteiger charge is 2.22. The lowest BCUT2D eigenvalue weighted by Crippen LogP contribution is -2.38. The molecule has 59 heavy (non-hydrogen) atoms. The van der Waals surface area contributed by atoms with Crippen LogP contribution in [-0.4, -0.2) is 112 Å². The van der Waals surface area contributed by atoms with E-state index in [0.717, 1.165) is 86.5 Å². The standard InChI is InChI=1S/C22H29ClN2O4S.C22H29ClN2O3S/c1-24(30(2,26)27)20-7-9-21(10-8-20)29-17-22-16-25(12-4-14-28-22)13-11-18-5-3-6-19(23)15-18;1-24-29(26,27)17-19-7-9-22(10-8-19)28-16-20-5-3-12-25(15-20)13-11-18-4-2-6-21(23)14-18/h3,5-10,15,22H,4,11-14,16-17H2,1-2H3;2,4,6-10,14,20,24H,3,5,11-13,15-17H2,1H3. The van der Waals surface area contributed by atoms with Gasteiger partial charge < -0.3 is 24.0 Å². The largest absolute Gasteiger partial charge is 0.493 e. The first-order valence-electron chi connectivity index (χ1n) is 20.1. The second kappa shape index (κ2) is 23.0. The van der Waals surface area contributed by atoms with Crippen molar-refractivity contribution in [3.63, 3.8) is 0 Å². The number of sulfonamides is 2. The van der Waals surface area contributed by atoms with Gasteiger partial charge in [0.1, 0.15) is 24.2 Å². The molecule has 15 heteroatoms. The van der Waals surface area contributed by atoms with Gasteiger partial charge in [0.25, 0.3) is 0 Å². The van der Waals surface area contributed by atoms with Gasteiger partial charge in [0.2, 0.25) is 20.0 Å². The number of piperidine rings is 1. The van der Waals surface area contributed by atoms with E-state index in [0.29, 0.717) is 30.6 Å². The van der Waals surface area contributed by atoms with Crippen LogP contribution in [0.4, 0.5) is 5.69 Å². The monoisotopic (exact) mass is 888 g/mol. The van der Waals surface area contributed by atoms with Crippen molar-refractivity contribution in [1.82, 2.24) is 14.5 Å². The van der Waals surface area contributed by atoms with Crippen LogP contribution < -0.4 is 18.5 Å². The Hall–Kier alpha value is -3.40. The molecule has 2 atom stereocenters. The van der Waals surface area contributed by atoms with Crippen molar-refractivity contribution in [3.05, 3.63) is 124 Å². The molecular formula is C44H58Cl2N4O7S2. The van der Waals surface area contributed by atoms with Crippen molar-refractivity contribution >= 4 is 48.9 Å². The van der Waals surface area contributed by atoms with E-state index in [4.69, 9.17) is 37.4 Å². The SMILES string of the molecule is CN(c1ccc(OCC2CN(CCc3cccc(Cl)c3)CCCO2)cc1)S(C)(=O)=O.CNS(=O)(=O)Cc1ccc(OCC2CCCN(CCc3cccc(Cl)c3)C2)cc1. The lowest BCUT2D eigenvalue weighted by Gasteiger charge is -2.32. The Morgan fingerprint density at radius 2 is 1.31 bits per heavy atom. The predicted octanol–water partition coefficient (Wildman–Crippen LogP) is 7.17. The number of likely N-dealkylation sites (tertiary alicyclic amines) is 1. The maximum absolute atomic E-state index is 11.6. The number of benzene rings is 4. The molecule has 4 aromatic carbocycles. The van der Waals surface area contributed by atoms with Crippen molar-refractivity contribution in [1.29, 1.82) is 0 Å². The highest BCUT2D eigenvalue weighted by Crippen LogP contribution is 2.23. The van der Waals surface area contributed by atoms with Gasteiger partial charge >= 0.3 is 0 Å². The van der Waals surface area contributed by atoms with Crippen LogP contribution >= 0.6 is 23.2 Å². The van der Waals surface area contributed by atoms with Crippen molar-refractivity contribution < 1.29 is 31.0 Å². The van der Waals surface area contributed by atoms with E-state index in [2.05, 4.69) is 26.7 Å². The molecule has 322 valence electrons. The van der Waals surface area contributed by atoms with E-state index >= 15 is 0 Å². The molecule has 0 radical (unpaired) electrons. The van der Waals surface area contributed by atoms with Crippen LogP contribution in [0.15, 0.2) is 97.1 Å². The fourth-order valence-electron chi connectivity index (χ4n) is 7.04. The van der Waals surface area contributed by atoms with Crippen LogP contribution in [0, 0.1) is 5.92 Å². The minimum atomic E-state index is -3.28. The van der Waals surface area contributed by atoms with E-state index < -0.39 is 20.0 Å². The third-order valence-corrected chi connectivity index (χ3v) is 13.5. The van der Waals surface area contributed by atoms with Crippen LogP contribution in [0.2, 0.25) is 10.0 Å². The normalized spacial score (nSPS) is 18.0. The van der Waals surface area contributed by atoms with Gasteiger partial charge in [0.05, 0.1) is 24.3 Å². The van der Waals surface area contributed by atoms with E-state index in [-0.39, 0.29) is 11.9 Å². The number of halogens is 2. The summed E-state index contributed by atoms with van der Waals surface area (Å²) in [7, 11) is -3.57. The molecule has 2 aliphatic heterocycles. The molecule has 1 N–H and O–H groups in total. The zero-order valence-corrected chi connectivity index (χ0v) is 37.4. The molecule has 0 saturated carbocycles. The summed E-state index contributed by atoms with van der Waals surface area (Å²) in [6.07, 6.45) is 6.48. The summed E-state index contributed by atoms with van der Waals surface area (Å²) in [5, 5.41) is 1.56. The van der Waals surface area contributed by atoms with Crippen molar-refractivity contribution in [2.75, 3.05) is 83.7 Å². The van der Waals surface area contributed by atoms with E-state index in [9.17, 15) is 16.8 Å². The van der Waals surface area contributed by atoms with Crippen LogP contribution in [-0.2, 0) is 43.4 Å². The number of hydrogen-bond acceptors (Lipinski definition) is 9. The van der Waals surface area contributed by atoms with Crippen LogP contribution in [0.25, 0.3) is 0 Å². The average molecular weight is 890 g/mol. The molecule has 4 aromatic rings. The molecule has 2 saturated heterocycles. The van der Waals surface area contributed by atoms with Gasteiger partial charge in [-0.1, -0.05) is 59.6 Å². The Morgan fingerprint density at radius 3 is 1.88 bits per heavy atom. The third-order valence-electron chi connectivity index (χ3n) is 10.5. The molecule has 2 fully saturated rings. The minimum absolute atomic E-state index is 0.00905. The Morgan fingerprint density at radius 1 is 0.746 bits per heavy atom. The Kier molecular flexibility index (Phi) is 18.2. The highest BCUT2D eigenvalue weighted by atomic mass is 35.5. The lowest BCUT2D eigenvalue weighted by atomic mass is 9.98. The van der Waals surface area contributed by atoms with Gasteiger partial charge in [-0.25, -0.2) is 21.6 Å². The summed E-state index contributed by atoms with van der Waals surface area (Å²) in [5.41, 5.74) is 3.86. The van der Waals surface area contributed by atoms with Crippen molar-refractivity contribution in [3.8, 4) is 11.5 Å². The number of anilines is 1. The molecule has 0 bridgehead atoms. The summed E-state index contributed by atoms with van der Waals surface area (Å²) in [4.78, 5) is 4.91. The van der Waals surface area contributed by atoms with E-state index in [1.54, 1.807) is 24.3 Å². The number of hydrogen-bond donors (Lipinski definition) is 1. The van der Waals surface area contributed by atoms with Gasteiger partial charge in [-0.05, 0) is 123 Å². The molecule has 11 nitrogen and oxygen atoms in total. The molecular weight excluding hydrogens is 832 g/mol. The first kappa shape index (κ1) is 46.7. The molecule has 2 aliphatic rings. The zero-order valence-electron chi connectivity index (χ0n) is 34.3. The summed E-state index contributed by atoms with van der Waals surface area (Å²) in [6, 6.07) is 30.4. The fraction of sp³-hybridized carbons (Fsp3) is 0.455. The van der Waals surface area contributed by atoms with E-state index in [1.807, 2.05) is 60.7 Å². The molecule has 0 amide bonds. The van der Waals surface area contributed by atoms with Crippen molar-refractivity contribution in [2.45, 2.75) is 44.0 Å². The smallest absolute Gasteiger partial charge is 0.231 e. The topological polar surface area (TPSA) is 118 Å². The summed E-state index contributed by atoms with van der Waals surface area (Å²) in [6.45, 7) is 7.83. The summed E-state index contributed by atoms with van der Waals surface area (Å²) < 4.78 is 67.9. The van der Waals surface area contributed by atoms with Gasteiger partial charge in [-0.3, -0.25) is 4.31 Å². The number of rotatable bonds is 17. The third kappa shape index (κ3) is 16.5.